The highest BCUT2D eigenvalue weighted by molar-refractivity contribution is 5.48. The molecule has 0 saturated heterocycles. The molecule has 1 aliphatic rings. The summed E-state index contributed by atoms with van der Waals surface area (Å²) in [5, 5.41) is 0. The van der Waals surface area contributed by atoms with Crippen molar-refractivity contribution >= 4 is 0 Å². The number of hydrogen-bond donors (Lipinski definition) is 0. The van der Waals surface area contributed by atoms with Crippen molar-refractivity contribution in [1.29, 1.82) is 0 Å². The Morgan fingerprint density at radius 1 is 1.25 bits per heavy atom. The molecule has 0 amide bonds. The highest BCUT2D eigenvalue weighted by atomic mass is 16.7. The predicted molar refractivity (Wildman–Crippen MR) is 60.7 cm³/mol. The number of methoxy groups -OCH3 is 1. The van der Waals surface area contributed by atoms with Gasteiger partial charge >= 0.3 is 0 Å². The van der Waals surface area contributed by atoms with Crippen LogP contribution in [0.5, 0.6) is 11.5 Å². The average molecular weight is 223 g/mol. The quantitative estimate of drug-likeness (QED) is 0.733. The highest BCUT2D eigenvalue weighted by Crippen LogP contribution is 2.37. The molecule has 0 saturated carbocycles. The van der Waals surface area contributed by atoms with Crippen molar-refractivity contribution in [3.05, 3.63) is 23.3 Å². The number of fused-ring (bicyclic) bond motifs is 1. The van der Waals surface area contributed by atoms with Gasteiger partial charge in [-0.05, 0) is 38.7 Å². The topological polar surface area (TPSA) is 30.9 Å². The van der Waals surface area contributed by atoms with Gasteiger partial charge in [-0.2, -0.15) is 0 Å². The number of rotatable bonds is 3. The van der Waals surface area contributed by atoms with Crippen molar-refractivity contribution in [2.75, 3.05) is 28.0 Å². The number of hydrogen-bond acceptors (Lipinski definition) is 4. The molecule has 0 spiro atoms. The smallest absolute Gasteiger partial charge is 0.231 e. The number of nitrogens with zero attached hydrogens (tertiary/aromatic N) is 1. The Hall–Kier alpha value is -1.26. The van der Waals surface area contributed by atoms with E-state index < -0.39 is 0 Å². The molecule has 4 nitrogen and oxygen atoms in total. The summed E-state index contributed by atoms with van der Waals surface area (Å²) in [5.74, 6) is 1.61. The number of aryl methyl sites for hydroxylation is 1. The van der Waals surface area contributed by atoms with Gasteiger partial charge in [0.05, 0.1) is 0 Å². The molecule has 0 aliphatic carbocycles. The molecule has 1 heterocycles. The van der Waals surface area contributed by atoms with Crippen LogP contribution in [0.4, 0.5) is 0 Å². The van der Waals surface area contributed by atoms with Gasteiger partial charge in [-0.25, -0.2) is 0 Å². The van der Waals surface area contributed by atoms with E-state index in [9.17, 15) is 0 Å². The third-order valence-corrected chi connectivity index (χ3v) is 2.72. The fraction of sp³-hybridized carbons (Fsp3) is 0.500. The normalized spacial score (nSPS) is 15.6. The maximum absolute atomic E-state index is 5.47. The van der Waals surface area contributed by atoms with Crippen molar-refractivity contribution in [3.8, 4) is 11.5 Å². The molecule has 1 unspecified atom stereocenters. The van der Waals surface area contributed by atoms with E-state index in [2.05, 4.69) is 0 Å². The van der Waals surface area contributed by atoms with Gasteiger partial charge in [0.25, 0.3) is 0 Å². The van der Waals surface area contributed by atoms with Crippen molar-refractivity contribution in [1.82, 2.24) is 4.90 Å². The van der Waals surface area contributed by atoms with Crippen molar-refractivity contribution in [2.45, 2.75) is 13.2 Å². The Bertz CT molecular complexity index is 390. The summed E-state index contributed by atoms with van der Waals surface area (Å²) >= 11 is 0. The molecule has 1 aromatic rings. The van der Waals surface area contributed by atoms with Crippen LogP contribution in [0.15, 0.2) is 12.1 Å². The molecule has 88 valence electrons. The van der Waals surface area contributed by atoms with E-state index in [0.29, 0.717) is 6.79 Å². The third-order valence-electron chi connectivity index (χ3n) is 2.72. The third kappa shape index (κ3) is 1.86. The maximum Gasteiger partial charge on any atom is 0.231 e. The largest absolute Gasteiger partial charge is 0.454 e. The van der Waals surface area contributed by atoms with Gasteiger partial charge in [-0.1, -0.05) is 0 Å². The molecule has 1 aliphatic heterocycles. The second-order valence-corrected chi connectivity index (χ2v) is 4.11. The molecule has 0 aromatic heterocycles. The first-order chi connectivity index (χ1) is 7.63. The summed E-state index contributed by atoms with van der Waals surface area (Å²) in [4.78, 5) is 2.02. The minimum Gasteiger partial charge on any atom is -0.454 e. The molecule has 0 bridgehead atoms. The summed E-state index contributed by atoms with van der Waals surface area (Å²) in [6.07, 6.45) is -0.0606. The second kappa shape index (κ2) is 4.31. The van der Waals surface area contributed by atoms with Gasteiger partial charge < -0.3 is 14.2 Å². The molecule has 0 radical (unpaired) electrons. The number of benzene rings is 1. The first-order valence-corrected chi connectivity index (χ1v) is 5.23. The molecule has 2 rings (SSSR count). The second-order valence-electron chi connectivity index (χ2n) is 4.11. The van der Waals surface area contributed by atoms with E-state index in [1.165, 1.54) is 0 Å². The van der Waals surface area contributed by atoms with E-state index in [1.54, 1.807) is 7.11 Å². The minimum absolute atomic E-state index is 0.0606. The Labute approximate surface area is 95.7 Å². The Kier molecular flexibility index (Phi) is 3.03. The van der Waals surface area contributed by atoms with Crippen molar-refractivity contribution in [2.24, 2.45) is 0 Å². The molecule has 16 heavy (non-hydrogen) atoms. The molecular formula is C12H17NO3. The first-order valence-electron chi connectivity index (χ1n) is 5.23. The van der Waals surface area contributed by atoms with Gasteiger partial charge in [0.15, 0.2) is 11.5 Å². The number of ether oxygens (including phenoxy) is 3. The Morgan fingerprint density at radius 2 is 1.88 bits per heavy atom. The molecule has 0 fully saturated rings. The zero-order valence-corrected chi connectivity index (χ0v) is 10.1. The summed E-state index contributed by atoms with van der Waals surface area (Å²) in [6, 6.07) is 3.99. The maximum atomic E-state index is 5.47. The first kappa shape index (κ1) is 11.2. The Balaban J connectivity index is 2.40. The predicted octanol–water partition coefficient (Wildman–Crippen LogP) is 1.93. The lowest BCUT2D eigenvalue weighted by Gasteiger charge is -2.24. The van der Waals surface area contributed by atoms with Crippen LogP contribution in [0.25, 0.3) is 0 Å². The van der Waals surface area contributed by atoms with Crippen LogP contribution in [0.1, 0.15) is 17.4 Å². The minimum atomic E-state index is -0.0606. The zero-order valence-electron chi connectivity index (χ0n) is 10.1. The van der Waals surface area contributed by atoms with Gasteiger partial charge in [0.1, 0.15) is 6.23 Å². The van der Waals surface area contributed by atoms with Gasteiger partial charge in [0.2, 0.25) is 6.79 Å². The summed E-state index contributed by atoms with van der Waals surface area (Å²) < 4.78 is 16.2. The molecule has 0 N–H and O–H groups in total. The van der Waals surface area contributed by atoms with E-state index >= 15 is 0 Å². The van der Waals surface area contributed by atoms with E-state index in [1.807, 2.05) is 38.1 Å². The molecule has 1 atom stereocenters. The highest BCUT2D eigenvalue weighted by Gasteiger charge is 2.21. The van der Waals surface area contributed by atoms with Crippen LogP contribution in [0, 0.1) is 6.92 Å². The lowest BCUT2D eigenvalue weighted by atomic mass is 10.1. The average Bonchev–Trinajstić information content (AvgIpc) is 2.65. The van der Waals surface area contributed by atoms with Crippen LogP contribution in [0.2, 0.25) is 0 Å². The zero-order chi connectivity index (χ0) is 11.7. The Morgan fingerprint density at radius 3 is 2.44 bits per heavy atom. The van der Waals surface area contributed by atoms with E-state index in [0.717, 1.165) is 22.6 Å². The summed E-state index contributed by atoms with van der Waals surface area (Å²) in [5.41, 5.74) is 2.25. The lowest BCUT2D eigenvalue weighted by molar-refractivity contribution is -0.00594. The van der Waals surface area contributed by atoms with E-state index in [4.69, 9.17) is 14.2 Å². The van der Waals surface area contributed by atoms with Crippen LogP contribution < -0.4 is 9.47 Å². The van der Waals surface area contributed by atoms with Crippen LogP contribution in [0.3, 0.4) is 0 Å². The SMILES string of the molecule is COC(c1cc2c(cc1C)OCO2)N(C)C. The molecule has 1 aromatic carbocycles. The van der Waals surface area contributed by atoms with Gasteiger partial charge in [-0.3, -0.25) is 4.90 Å². The molecule has 4 heteroatoms. The standard InChI is InChI=1S/C12H17NO3/c1-8-5-10-11(16-7-15-10)6-9(8)12(14-4)13(2)3/h5-6,12H,7H2,1-4H3. The fourth-order valence-electron chi connectivity index (χ4n) is 1.94. The lowest BCUT2D eigenvalue weighted by Crippen LogP contribution is -2.22. The van der Waals surface area contributed by atoms with Gasteiger partial charge in [0, 0.05) is 12.7 Å². The van der Waals surface area contributed by atoms with Gasteiger partial charge in [-0.15, -0.1) is 0 Å². The van der Waals surface area contributed by atoms with Crippen molar-refractivity contribution < 1.29 is 14.2 Å². The molecular weight excluding hydrogens is 206 g/mol. The van der Waals surface area contributed by atoms with Crippen LogP contribution >= 0.6 is 0 Å². The van der Waals surface area contributed by atoms with Crippen LogP contribution in [-0.2, 0) is 4.74 Å². The fourth-order valence-corrected chi connectivity index (χ4v) is 1.94. The summed E-state index contributed by atoms with van der Waals surface area (Å²) in [6.45, 7) is 2.35. The van der Waals surface area contributed by atoms with Crippen LogP contribution in [-0.4, -0.2) is 32.9 Å². The van der Waals surface area contributed by atoms with Crippen molar-refractivity contribution in [3.63, 3.8) is 0 Å². The van der Waals surface area contributed by atoms with E-state index in [-0.39, 0.29) is 6.23 Å². The summed E-state index contributed by atoms with van der Waals surface area (Å²) in [7, 11) is 5.67. The monoisotopic (exact) mass is 223 g/mol.